The molecule has 2 nitrogen and oxygen atoms in total. The Morgan fingerprint density at radius 3 is 2.53 bits per heavy atom. The Morgan fingerprint density at radius 2 is 2.00 bits per heavy atom. The van der Waals surface area contributed by atoms with Crippen molar-refractivity contribution in [2.75, 3.05) is 13.2 Å². The van der Waals surface area contributed by atoms with Gasteiger partial charge in [-0.15, -0.1) is 0 Å². The lowest BCUT2D eigenvalue weighted by atomic mass is 9.95. The van der Waals surface area contributed by atoms with E-state index in [2.05, 4.69) is 56.0 Å². The fourth-order valence-corrected chi connectivity index (χ4v) is 3.13. The van der Waals surface area contributed by atoms with E-state index in [0.29, 0.717) is 18.6 Å². The van der Waals surface area contributed by atoms with Crippen molar-refractivity contribution < 1.29 is 5.11 Å². The van der Waals surface area contributed by atoms with Crippen LogP contribution in [0.2, 0.25) is 0 Å². The number of hydrogen-bond acceptors (Lipinski definition) is 2. The second-order valence-electron chi connectivity index (χ2n) is 5.80. The van der Waals surface area contributed by atoms with E-state index in [9.17, 15) is 5.11 Å². The van der Waals surface area contributed by atoms with Crippen molar-refractivity contribution in [2.45, 2.75) is 38.8 Å². The molecule has 0 aliphatic carbocycles. The van der Waals surface area contributed by atoms with Crippen molar-refractivity contribution in [3.63, 3.8) is 0 Å². The predicted molar refractivity (Wildman–Crippen MR) is 70.8 cm³/mol. The molecule has 2 atom stereocenters. The molecule has 0 radical (unpaired) electrons. The van der Waals surface area contributed by atoms with Crippen LogP contribution in [-0.2, 0) is 0 Å². The molecule has 1 aliphatic heterocycles. The molecular formula is C15H23NO. The molecule has 0 spiro atoms. The third kappa shape index (κ3) is 2.53. The highest BCUT2D eigenvalue weighted by Gasteiger charge is 2.40. The van der Waals surface area contributed by atoms with Crippen LogP contribution < -0.4 is 0 Å². The fraction of sp³-hybridized carbons (Fsp3) is 0.600. The van der Waals surface area contributed by atoms with Crippen LogP contribution in [0.15, 0.2) is 30.3 Å². The zero-order chi connectivity index (χ0) is 12.5. The molecule has 94 valence electrons. The first-order valence-electron chi connectivity index (χ1n) is 6.47. The van der Waals surface area contributed by atoms with Gasteiger partial charge in [0.2, 0.25) is 0 Å². The van der Waals surface area contributed by atoms with Crippen LogP contribution in [0, 0.1) is 5.92 Å². The SMILES string of the molecule is CC(c1ccccc1)N1CC(CO)CC1(C)C. The molecule has 1 aromatic rings. The van der Waals surface area contributed by atoms with E-state index in [1.54, 1.807) is 0 Å². The van der Waals surface area contributed by atoms with E-state index in [1.165, 1.54) is 5.56 Å². The number of rotatable bonds is 3. The Hall–Kier alpha value is -0.860. The Bertz CT molecular complexity index is 360. The molecular weight excluding hydrogens is 210 g/mol. The van der Waals surface area contributed by atoms with Crippen molar-refractivity contribution in [3.05, 3.63) is 35.9 Å². The van der Waals surface area contributed by atoms with Crippen molar-refractivity contribution in [1.82, 2.24) is 4.90 Å². The van der Waals surface area contributed by atoms with Crippen LogP contribution in [0.3, 0.4) is 0 Å². The molecule has 0 aromatic heterocycles. The Balaban J connectivity index is 2.17. The second kappa shape index (κ2) is 4.79. The first-order valence-corrected chi connectivity index (χ1v) is 6.47. The van der Waals surface area contributed by atoms with Gasteiger partial charge in [0.1, 0.15) is 0 Å². The summed E-state index contributed by atoms with van der Waals surface area (Å²) in [5.41, 5.74) is 1.54. The Kier molecular flexibility index (Phi) is 3.55. The summed E-state index contributed by atoms with van der Waals surface area (Å²) in [5, 5.41) is 9.34. The molecule has 0 bridgehead atoms. The zero-order valence-corrected chi connectivity index (χ0v) is 11.1. The zero-order valence-electron chi connectivity index (χ0n) is 11.1. The van der Waals surface area contributed by atoms with E-state index in [-0.39, 0.29) is 5.54 Å². The fourth-order valence-electron chi connectivity index (χ4n) is 3.13. The van der Waals surface area contributed by atoms with Gasteiger partial charge in [-0.1, -0.05) is 30.3 Å². The summed E-state index contributed by atoms with van der Waals surface area (Å²) < 4.78 is 0. The lowest BCUT2D eigenvalue weighted by molar-refractivity contribution is 0.123. The molecule has 1 N–H and O–H groups in total. The van der Waals surface area contributed by atoms with Gasteiger partial charge in [-0.25, -0.2) is 0 Å². The topological polar surface area (TPSA) is 23.5 Å². The Labute approximate surface area is 104 Å². The monoisotopic (exact) mass is 233 g/mol. The van der Waals surface area contributed by atoms with E-state index in [1.807, 2.05) is 0 Å². The quantitative estimate of drug-likeness (QED) is 0.867. The summed E-state index contributed by atoms with van der Waals surface area (Å²) in [5.74, 6) is 0.427. The van der Waals surface area contributed by atoms with Gasteiger partial charge in [-0.3, -0.25) is 4.90 Å². The third-order valence-corrected chi connectivity index (χ3v) is 4.03. The molecule has 17 heavy (non-hydrogen) atoms. The molecule has 1 aromatic carbocycles. The maximum Gasteiger partial charge on any atom is 0.0472 e. The average molecular weight is 233 g/mol. The van der Waals surface area contributed by atoms with Gasteiger partial charge in [-0.2, -0.15) is 0 Å². The minimum Gasteiger partial charge on any atom is -0.396 e. The number of benzene rings is 1. The molecule has 2 unspecified atom stereocenters. The van der Waals surface area contributed by atoms with E-state index >= 15 is 0 Å². The predicted octanol–water partition coefficient (Wildman–Crippen LogP) is 2.84. The number of aliphatic hydroxyl groups excluding tert-OH is 1. The van der Waals surface area contributed by atoms with Gasteiger partial charge < -0.3 is 5.11 Å². The summed E-state index contributed by atoms with van der Waals surface area (Å²) in [7, 11) is 0. The maximum atomic E-state index is 9.34. The highest BCUT2D eigenvalue weighted by molar-refractivity contribution is 5.19. The highest BCUT2D eigenvalue weighted by atomic mass is 16.3. The second-order valence-corrected chi connectivity index (χ2v) is 5.80. The number of nitrogens with zero attached hydrogens (tertiary/aromatic N) is 1. The molecule has 1 aliphatic rings. The van der Waals surface area contributed by atoms with E-state index in [0.717, 1.165) is 13.0 Å². The average Bonchev–Trinajstić information content (AvgIpc) is 2.64. The highest BCUT2D eigenvalue weighted by Crippen LogP contribution is 2.38. The number of aliphatic hydroxyl groups is 1. The van der Waals surface area contributed by atoms with Gasteiger partial charge in [0.25, 0.3) is 0 Å². The van der Waals surface area contributed by atoms with Gasteiger partial charge in [0, 0.05) is 24.7 Å². The molecule has 2 rings (SSSR count). The van der Waals surface area contributed by atoms with Crippen LogP contribution in [0.5, 0.6) is 0 Å². The summed E-state index contributed by atoms with van der Waals surface area (Å²) in [6.45, 7) is 8.13. The first kappa shape index (κ1) is 12.6. The smallest absolute Gasteiger partial charge is 0.0472 e. The standard InChI is InChI=1S/C15H23NO/c1-12(14-7-5-4-6-8-14)16-10-13(11-17)9-15(16,2)3/h4-8,12-13,17H,9-11H2,1-3H3. The largest absolute Gasteiger partial charge is 0.396 e. The lowest BCUT2D eigenvalue weighted by Gasteiger charge is -2.36. The molecule has 0 amide bonds. The van der Waals surface area contributed by atoms with Crippen LogP contribution in [0.1, 0.15) is 38.8 Å². The molecule has 1 fully saturated rings. The van der Waals surface area contributed by atoms with Crippen LogP contribution >= 0.6 is 0 Å². The molecule has 1 saturated heterocycles. The minimum absolute atomic E-state index is 0.183. The minimum atomic E-state index is 0.183. The molecule has 0 saturated carbocycles. The van der Waals surface area contributed by atoms with Crippen molar-refractivity contribution >= 4 is 0 Å². The molecule has 2 heteroatoms. The summed E-state index contributed by atoms with van der Waals surface area (Å²) >= 11 is 0. The maximum absolute atomic E-state index is 9.34. The Morgan fingerprint density at radius 1 is 1.35 bits per heavy atom. The van der Waals surface area contributed by atoms with Crippen molar-refractivity contribution in [1.29, 1.82) is 0 Å². The summed E-state index contributed by atoms with van der Waals surface area (Å²) in [4.78, 5) is 2.52. The van der Waals surface area contributed by atoms with Crippen molar-refractivity contribution in [3.8, 4) is 0 Å². The normalized spacial score (nSPS) is 26.0. The van der Waals surface area contributed by atoms with Crippen molar-refractivity contribution in [2.24, 2.45) is 5.92 Å². The van der Waals surface area contributed by atoms with E-state index in [4.69, 9.17) is 0 Å². The first-order chi connectivity index (χ1) is 8.04. The van der Waals surface area contributed by atoms with E-state index < -0.39 is 0 Å². The van der Waals surface area contributed by atoms with Crippen LogP contribution in [-0.4, -0.2) is 28.7 Å². The van der Waals surface area contributed by atoms with Gasteiger partial charge in [-0.05, 0) is 38.7 Å². The number of likely N-dealkylation sites (tertiary alicyclic amines) is 1. The summed E-state index contributed by atoms with van der Waals surface area (Å²) in [6, 6.07) is 11.0. The third-order valence-electron chi connectivity index (χ3n) is 4.03. The molecule has 1 heterocycles. The lowest BCUT2D eigenvalue weighted by Crippen LogP contribution is -2.39. The van der Waals surface area contributed by atoms with Gasteiger partial charge in [0.15, 0.2) is 0 Å². The van der Waals surface area contributed by atoms with Gasteiger partial charge in [0.05, 0.1) is 0 Å². The number of hydrogen-bond donors (Lipinski definition) is 1. The van der Waals surface area contributed by atoms with Gasteiger partial charge >= 0.3 is 0 Å². The van der Waals surface area contributed by atoms with Crippen LogP contribution in [0.25, 0.3) is 0 Å². The summed E-state index contributed by atoms with van der Waals surface area (Å²) in [6.07, 6.45) is 1.08. The van der Waals surface area contributed by atoms with Crippen LogP contribution in [0.4, 0.5) is 0 Å².